The molecule has 6 nitrogen and oxygen atoms in total. The number of hydrogen-bond donors (Lipinski definition) is 1. The van der Waals surface area contributed by atoms with Crippen LogP contribution in [0.3, 0.4) is 0 Å². The van der Waals surface area contributed by atoms with Crippen molar-refractivity contribution in [2.75, 3.05) is 11.9 Å². The molecule has 1 aromatic heterocycles. The van der Waals surface area contributed by atoms with Crippen molar-refractivity contribution in [1.82, 2.24) is 5.16 Å². The molecule has 1 aliphatic rings. The molecule has 0 unspecified atom stereocenters. The Bertz CT molecular complexity index is 902. The summed E-state index contributed by atoms with van der Waals surface area (Å²) in [6.07, 6.45) is -0.747. The van der Waals surface area contributed by atoms with Gasteiger partial charge < -0.3 is 14.0 Å². The molecule has 0 bridgehead atoms. The summed E-state index contributed by atoms with van der Waals surface area (Å²) in [5.74, 6) is 1.10. The van der Waals surface area contributed by atoms with Crippen molar-refractivity contribution in [3.05, 3.63) is 60.2 Å². The standard InChI is InChI=1S/C19H16N2O4/c1-12-6-8-13(9-7-12)14-10-18(25-21-14)20-19(22)17-11-23-15-4-2-3-5-16(15)24-17/h2-10,17H,11H2,1H3,(H,20,22)/t17-/m0/s1. The van der Waals surface area contributed by atoms with Gasteiger partial charge in [0.1, 0.15) is 12.3 Å². The average Bonchev–Trinajstić information content (AvgIpc) is 3.10. The Kier molecular flexibility index (Phi) is 3.85. The Morgan fingerprint density at radius 3 is 2.68 bits per heavy atom. The molecule has 1 atom stereocenters. The monoisotopic (exact) mass is 336 g/mol. The fourth-order valence-electron chi connectivity index (χ4n) is 2.55. The zero-order chi connectivity index (χ0) is 17.2. The number of benzene rings is 2. The summed E-state index contributed by atoms with van der Waals surface area (Å²) in [6, 6.07) is 16.8. The summed E-state index contributed by atoms with van der Waals surface area (Å²) < 4.78 is 16.4. The van der Waals surface area contributed by atoms with E-state index in [0.29, 0.717) is 17.2 Å². The Morgan fingerprint density at radius 1 is 1.12 bits per heavy atom. The number of hydrogen-bond acceptors (Lipinski definition) is 5. The van der Waals surface area contributed by atoms with Gasteiger partial charge in [-0.1, -0.05) is 47.1 Å². The van der Waals surface area contributed by atoms with Crippen LogP contribution in [0.2, 0.25) is 0 Å². The average molecular weight is 336 g/mol. The molecule has 6 heteroatoms. The topological polar surface area (TPSA) is 73.6 Å². The molecular weight excluding hydrogens is 320 g/mol. The third-order valence-corrected chi connectivity index (χ3v) is 3.90. The lowest BCUT2D eigenvalue weighted by Crippen LogP contribution is -2.40. The van der Waals surface area contributed by atoms with Gasteiger partial charge in [-0.05, 0) is 19.1 Å². The second kappa shape index (κ2) is 6.32. The van der Waals surface area contributed by atoms with Crippen molar-refractivity contribution in [3.8, 4) is 22.8 Å². The van der Waals surface area contributed by atoms with Crippen LogP contribution in [-0.2, 0) is 4.79 Å². The predicted molar refractivity (Wildman–Crippen MR) is 91.7 cm³/mol. The summed E-state index contributed by atoms with van der Waals surface area (Å²) in [4.78, 5) is 12.4. The minimum absolute atomic E-state index is 0.141. The molecule has 4 rings (SSSR count). The molecule has 0 aliphatic carbocycles. The lowest BCUT2D eigenvalue weighted by atomic mass is 10.1. The zero-order valence-corrected chi connectivity index (χ0v) is 13.6. The zero-order valence-electron chi connectivity index (χ0n) is 13.6. The summed E-state index contributed by atoms with van der Waals surface area (Å²) in [6.45, 7) is 2.16. The summed E-state index contributed by atoms with van der Waals surface area (Å²) in [5, 5.41) is 6.66. The van der Waals surface area contributed by atoms with Gasteiger partial charge in [0.25, 0.3) is 5.91 Å². The molecule has 0 saturated heterocycles. The van der Waals surface area contributed by atoms with Gasteiger partial charge in [0, 0.05) is 11.6 Å². The fourth-order valence-corrected chi connectivity index (χ4v) is 2.55. The van der Waals surface area contributed by atoms with E-state index in [0.717, 1.165) is 11.1 Å². The molecule has 0 spiro atoms. The molecule has 126 valence electrons. The van der Waals surface area contributed by atoms with Crippen LogP contribution in [0, 0.1) is 6.92 Å². The first-order chi connectivity index (χ1) is 12.2. The Labute approximate surface area is 144 Å². The summed E-state index contributed by atoms with van der Waals surface area (Å²) in [7, 11) is 0. The minimum Gasteiger partial charge on any atom is -0.485 e. The van der Waals surface area contributed by atoms with E-state index in [4.69, 9.17) is 14.0 Å². The molecule has 0 fully saturated rings. The molecule has 0 saturated carbocycles. The van der Waals surface area contributed by atoms with Gasteiger partial charge in [-0.2, -0.15) is 0 Å². The van der Waals surface area contributed by atoms with Crippen molar-refractivity contribution >= 4 is 11.8 Å². The summed E-state index contributed by atoms with van der Waals surface area (Å²) in [5.41, 5.74) is 2.73. The molecule has 2 aromatic carbocycles. The number of rotatable bonds is 3. The third-order valence-electron chi connectivity index (χ3n) is 3.90. The molecule has 0 radical (unpaired) electrons. The van der Waals surface area contributed by atoms with Crippen LogP contribution in [0.1, 0.15) is 5.56 Å². The molecular formula is C19H16N2O4. The SMILES string of the molecule is Cc1ccc(-c2cc(NC(=O)[C@@H]3COc4ccccc4O3)on2)cc1. The molecule has 2 heterocycles. The number of nitrogens with one attached hydrogen (secondary N) is 1. The molecule has 3 aromatic rings. The quantitative estimate of drug-likeness (QED) is 0.793. The Hall–Kier alpha value is -3.28. The van der Waals surface area contributed by atoms with E-state index in [1.807, 2.05) is 43.3 Å². The number of carbonyl (C=O) groups is 1. The van der Waals surface area contributed by atoms with Gasteiger partial charge in [0.15, 0.2) is 11.5 Å². The highest BCUT2D eigenvalue weighted by molar-refractivity contribution is 5.94. The lowest BCUT2D eigenvalue weighted by molar-refractivity contribution is -0.125. The van der Waals surface area contributed by atoms with E-state index >= 15 is 0 Å². The molecule has 1 N–H and O–H groups in total. The highest BCUT2D eigenvalue weighted by Crippen LogP contribution is 2.31. The van der Waals surface area contributed by atoms with Crippen molar-refractivity contribution in [1.29, 1.82) is 0 Å². The van der Waals surface area contributed by atoms with Crippen LogP contribution in [-0.4, -0.2) is 23.8 Å². The largest absolute Gasteiger partial charge is 0.485 e. The van der Waals surface area contributed by atoms with E-state index in [9.17, 15) is 4.79 Å². The van der Waals surface area contributed by atoms with Gasteiger partial charge in [-0.25, -0.2) is 0 Å². The van der Waals surface area contributed by atoms with Crippen molar-refractivity contribution in [2.24, 2.45) is 0 Å². The van der Waals surface area contributed by atoms with Crippen molar-refractivity contribution < 1.29 is 18.8 Å². The number of fused-ring (bicyclic) bond motifs is 1. The van der Waals surface area contributed by atoms with Crippen LogP contribution in [0.25, 0.3) is 11.3 Å². The second-order valence-electron chi connectivity index (χ2n) is 5.80. The Balaban J connectivity index is 1.44. The van der Waals surface area contributed by atoms with E-state index in [1.165, 1.54) is 0 Å². The predicted octanol–water partition coefficient (Wildman–Crippen LogP) is 3.43. The maximum Gasteiger partial charge on any atom is 0.271 e. The van der Waals surface area contributed by atoms with Crippen LogP contribution in [0.15, 0.2) is 59.1 Å². The first-order valence-corrected chi connectivity index (χ1v) is 7.92. The number of aryl methyl sites for hydroxylation is 1. The number of nitrogens with zero attached hydrogens (tertiary/aromatic N) is 1. The maximum atomic E-state index is 12.4. The number of aromatic nitrogens is 1. The Morgan fingerprint density at radius 2 is 1.88 bits per heavy atom. The van der Waals surface area contributed by atoms with Crippen molar-refractivity contribution in [3.63, 3.8) is 0 Å². The first kappa shape index (κ1) is 15.3. The fraction of sp³-hybridized carbons (Fsp3) is 0.158. The number of carbonyl (C=O) groups excluding carboxylic acids is 1. The van der Waals surface area contributed by atoms with Crippen LogP contribution < -0.4 is 14.8 Å². The molecule has 25 heavy (non-hydrogen) atoms. The van der Waals surface area contributed by atoms with E-state index in [2.05, 4.69) is 10.5 Å². The van der Waals surface area contributed by atoms with E-state index in [1.54, 1.807) is 18.2 Å². The normalized spacial score (nSPS) is 15.6. The highest BCUT2D eigenvalue weighted by atomic mass is 16.6. The number of para-hydroxylation sites is 2. The van der Waals surface area contributed by atoms with Crippen LogP contribution in [0.5, 0.6) is 11.5 Å². The molecule has 1 amide bonds. The number of amides is 1. The number of ether oxygens (including phenoxy) is 2. The van der Waals surface area contributed by atoms with Crippen LogP contribution >= 0.6 is 0 Å². The lowest BCUT2D eigenvalue weighted by Gasteiger charge is -2.25. The van der Waals surface area contributed by atoms with E-state index < -0.39 is 6.10 Å². The maximum absolute atomic E-state index is 12.4. The third kappa shape index (κ3) is 3.19. The highest BCUT2D eigenvalue weighted by Gasteiger charge is 2.28. The van der Waals surface area contributed by atoms with E-state index in [-0.39, 0.29) is 18.4 Å². The molecule has 1 aliphatic heterocycles. The first-order valence-electron chi connectivity index (χ1n) is 7.92. The minimum atomic E-state index is -0.747. The van der Waals surface area contributed by atoms with Gasteiger partial charge in [-0.3, -0.25) is 10.1 Å². The van der Waals surface area contributed by atoms with Gasteiger partial charge >= 0.3 is 0 Å². The number of anilines is 1. The van der Waals surface area contributed by atoms with Gasteiger partial charge in [0.05, 0.1) is 0 Å². The van der Waals surface area contributed by atoms with Crippen molar-refractivity contribution in [2.45, 2.75) is 13.0 Å². The van der Waals surface area contributed by atoms with Crippen LogP contribution in [0.4, 0.5) is 5.88 Å². The summed E-state index contributed by atoms with van der Waals surface area (Å²) >= 11 is 0. The smallest absolute Gasteiger partial charge is 0.271 e. The van der Waals surface area contributed by atoms with Gasteiger partial charge in [-0.15, -0.1) is 0 Å². The van der Waals surface area contributed by atoms with Gasteiger partial charge in [0.2, 0.25) is 12.0 Å². The second-order valence-corrected chi connectivity index (χ2v) is 5.80.